The minimum Gasteiger partial charge on any atom is -0.373 e. The molecule has 23 heavy (non-hydrogen) atoms. The molecule has 1 unspecified atom stereocenters. The van der Waals surface area contributed by atoms with Gasteiger partial charge in [0.2, 0.25) is 5.91 Å². The number of amides is 2. The first-order valence-electron chi connectivity index (χ1n) is 7.11. The maximum Gasteiger partial charge on any atom is 0.256 e. The van der Waals surface area contributed by atoms with Gasteiger partial charge < -0.3 is 5.32 Å². The van der Waals surface area contributed by atoms with Crippen molar-refractivity contribution in [2.75, 3.05) is 10.2 Å². The van der Waals surface area contributed by atoms with E-state index in [1.54, 1.807) is 24.3 Å². The van der Waals surface area contributed by atoms with Crippen LogP contribution >= 0.6 is 23.2 Å². The molecule has 6 heteroatoms. The van der Waals surface area contributed by atoms with Crippen LogP contribution < -0.4 is 10.2 Å². The van der Waals surface area contributed by atoms with Crippen molar-refractivity contribution < 1.29 is 9.59 Å². The number of halogens is 2. The van der Waals surface area contributed by atoms with Crippen molar-refractivity contribution in [2.45, 2.75) is 19.4 Å². The summed E-state index contributed by atoms with van der Waals surface area (Å²) in [6, 6.07) is 11.7. The fourth-order valence-corrected chi connectivity index (χ4v) is 2.87. The Labute approximate surface area is 144 Å². The third-order valence-corrected chi connectivity index (χ3v) is 4.41. The number of carbonyl (C=O) groups is 2. The van der Waals surface area contributed by atoms with Gasteiger partial charge in [-0.15, -0.1) is 0 Å². The molecular weight excluding hydrogens is 335 g/mol. The lowest BCUT2D eigenvalue weighted by Crippen LogP contribution is -2.34. The van der Waals surface area contributed by atoms with Crippen LogP contribution in [0.2, 0.25) is 10.0 Å². The fraction of sp³-hybridized carbons (Fsp3) is 0.176. The standard InChI is InChI=1S/C17H14Cl2N2O2/c1-10-3-2-4-12(7-10)21-16(22)9-15(17(21)23)20-11-5-6-13(18)14(19)8-11/h2-8,15,20H,9H2,1H3. The Morgan fingerprint density at radius 1 is 1.09 bits per heavy atom. The molecule has 0 spiro atoms. The molecule has 4 nitrogen and oxygen atoms in total. The molecule has 1 aliphatic rings. The molecule has 0 aliphatic carbocycles. The number of hydrogen-bond donors (Lipinski definition) is 1. The second-order valence-corrected chi connectivity index (χ2v) is 6.25. The Hall–Kier alpha value is -2.04. The van der Waals surface area contributed by atoms with Gasteiger partial charge in [0, 0.05) is 5.69 Å². The first-order chi connectivity index (χ1) is 11.0. The summed E-state index contributed by atoms with van der Waals surface area (Å²) in [7, 11) is 0. The normalized spacial score (nSPS) is 17.7. The Morgan fingerprint density at radius 3 is 2.57 bits per heavy atom. The quantitative estimate of drug-likeness (QED) is 0.851. The van der Waals surface area contributed by atoms with E-state index in [9.17, 15) is 9.59 Å². The number of carbonyl (C=O) groups excluding carboxylic acids is 2. The van der Waals surface area contributed by atoms with Gasteiger partial charge in [-0.2, -0.15) is 0 Å². The number of benzene rings is 2. The predicted octanol–water partition coefficient (Wildman–Crippen LogP) is 4.05. The van der Waals surface area contributed by atoms with E-state index in [-0.39, 0.29) is 18.2 Å². The minimum atomic E-state index is -0.611. The van der Waals surface area contributed by atoms with Crippen molar-refractivity contribution >= 4 is 46.4 Å². The molecule has 1 fully saturated rings. The predicted molar refractivity (Wildman–Crippen MR) is 92.2 cm³/mol. The number of nitrogens with zero attached hydrogens (tertiary/aromatic N) is 1. The number of imide groups is 1. The second kappa shape index (κ2) is 6.22. The van der Waals surface area contributed by atoms with Gasteiger partial charge in [0.15, 0.2) is 0 Å². The van der Waals surface area contributed by atoms with Crippen LogP contribution in [0, 0.1) is 6.92 Å². The van der Waals surface area contributed by atoms with E-state index in [4.69, 9.17) is 23.2 Å². The Morgan fingerprint density at radius 2 is 1.87 bits per heavy atom. The van der Waals surface area contributed by atoms with Crippen molar-refractivity contribution in [3.8, 4) is 0 Å². The second-order valence-electron chi connectivity index (χ2n) is 5.44. The van der Waals surface area contributed by atoms with E-state index < -0.39 is 6.04 Å². The summed E-state index contributed by atoms with van der Waals surface area (Å²) in [6.45, 7) is 1.92. The van der Waals surface area contributed by atoms with E-state index in [1.165, 1.54) is 4.90 Å². The van der Waals surface area contributed by atoms with E-state index in [1.807, 2.05) is 25.1 Å². The largest absolute Gasteiger partial charge is 0.373 e. The highest BCUT2D eigenvalue weighted by Gasteiger charge is 2.39. The van der Waals surface area contributed by atoms with Crippen molar-refractivity contribution in [1.29, 1.82) is 0 Å². The van der Waals surface area contributed by atoms with Crippen molar-refractivity contribution in [1.82, 2.24) is 0 Å². The monoisotopic (exact) mass is 348 g/mol. The number of nitrogens with one attached hydrogen (secondary N) is 1. The minimum absolute atomic E-state index is 0.104. The summed E-state index contributed by atoms with van der Waals surface area (Å²) in [5.41, 5.74) is 2.24. The van der Waals surface area contributed by atoms with Crippen LogP contribution in [-0.4, -0.2) is 17.9 Å². The molecule has 2 amide bonds. The van der Waals surface area contributed by atoms with Crippen LogP contribution in [0.1, 0.15) is 12.0 Å². The summed E-state index contributed by atoms with van der Waals surface area (Å²) in [6.07, 6.45) is 0.104. The van der Waals surface area contributed by atoms with E-state index in [0.717, 1.165) is 5.56 Å². The number of aryl methyl sites for hydroxylation is 1. The first-order valence-corrected chi connectivity index (χ1v) is 7.86. The van der Waals surface area contributed by atoms with Gasteiger partial charge in [0.25, 0.3) is 5.91 Å². The van der Waals surface area contributed by atoms with E-state index in [2.05, 4.69) is 5.32 Å². The molecule has 0 aromatic heterocycles. The Kier molecular flexibility index (Phi) is 4.28. The van der Waals surface area contributed by atoms with Crippen LogP contribution in [0.5, 0.6) is 0 Å². The molecule has 0 bridgehead atoms. The maximum absolute atomic E-state index is 12.6. The molecule has 0 saturated carbocycles. The first kappa shape index (κ1) is 15.8. The smallest absolute Gasteiger partial charge is 0.256 e. The highest BCUT2D eigenvalue weighted by atomic mass is 35.5. The van der Waals surface area contributed by atoms with Crippen molar-refractivity contribution in [2.24, 2.45) is 0 Å². The average molecular weight is 349 g/mol. The van der Waals surface area contributed by atoms with Gasteiger partial charge in [-0.05, 0) is 42.8 Å². The van der Waals surface area contributed by atoms with Gasteiger partial charge in [-0.25, -0.2) is 4.90 Å². The molecule has 3 rings (SSSR count). The third kappa shape index (κ3) is 3.19. The van der Waals surface area contributed by atoms with Gasteiger partial charge in [0.1, 0.15) is 6.04 Å². The molecular formula is C17H14Cl2N2O2. The lowest BCUT2D eigenvalue weighted by Gasteiger charge is -2.16. The van der Waals surface area contributed by atoms with Crippen molar-refractivity contribution in [3.05, 3.63) is 58.1 Å². The molecule has 1 aliphatic heterocycles. The molecule has 2 aromatic carbocycles. The number of rotatable bonds is 3. The van der Waals surface area contributed by atoms with Crippen LogP contribution in [-0.2, 0) is 9.59 Å². The summed E-state index contributed by atoms with van der Waals surface area (Å²) in [5, 5.41) is 3.88. The molecule has 1 heterocycles. The summed E-state index contributed by atoms with van der Waals surface area (Å²) in [5.74, 6) is -0.496. The molecule has 2 aromatic rings. The zero-order valence-corrected chi connectivity index (χ0v) is 13.9. The molecule has 0 radical (unpaired) electrons. The lowest BCUT2D eigenvalue weighted by atomic mass is 10.2. The van der Waals surface area contributed by atoms with Gasteiger partial charge in [0.05, 0.1) is 22.2 Å². The SMILES string of the molecule is Cc1cccc(N2C(=O)CC(Nc3ccc(Cl)c(Cl)c3)C2=O)c1. The summed E-state index contributed by atoms with van der Waals surface area (Å²) >= 11 is 11.9. The van der Waals surface area contributed by atoms with E-state index >= 15 is 0 Å². The number of anilines is 2. The summed E-state index contributed by atoms with van der Waals surface area (Å²) < 4.78 is 0. The third-order valence-electron chi connectivity index (χ3n) is 3.67. The average Bonchev–Trinajstić information content (AvgIpc) is 2.77. The topological polar surface area (TPSA) is 49.4 Å². The molecule has 1 N–H and O–H groups in total. The molecule has 1 saturated heterocycles. The summed E-state index contributed by atoms with van der Waals surface area (Å²) in [4.78, 5) is 26.0. The maximum atomic E-state index is 12.6. The van der Waals surface area contributed by atoms with Crippen LogP contribution in [0.25, 0.3) is 0 Å². The molecule has 118 valence electrons. The highest BCUT2D eigenvalue weighted by molar-refractivity contribution is 6.42. The Balaban J connectivity index is 1.82. The van der Waals surface area contributed by atoms with Gasteiger partial charge in [-0.3, -0.25) is 9.59 Å². The highest BCUT2D eigenvalue weighted by Crippen LogP contribution is 2.28. The van der Waals surface area contributed by atoms with Gasteiger partial charge >= 0.3 is 0 Å². The van der Waals surface area contributed by atoms with Crippen LogP contribution in [0.4, 0.5) is 11.4 Å². The van der Waals surface area contributed by atoms with E-state index in [0.29, 0.717) is 21.4 Å². The van der Waals surface area contributed by atoms with Crippen LogP contribution in [0.3, 0.4) is 0 Å². The van der Waals surface area contributed by atoms with Crippen LogP contribution in [0.15, 0.2) is 42.5 Å². The zero-order chi connectivity index (χ0) is 16.6. The molecule has 1 atom stereocenters. The fourth-order valence-electron chi connectivity index (χ4n) is 2.57. The van der Waals surface area contributed by atoms with Gasteiger partial charge in [-0.1, -0.05) is 35.3 Å². The van der Waals surface area contributed by atoms with Crippen molar-refractivity contribution in [3.63, 3.8) is 0 Å². The lowest BCUT2D eigenvalue weighted by molar-refractivity contribution is -0.121. The number of hydrogen-bond acceptors (Lipinski definition) is 3. The Bertz CT molecular complexity index is 792. The zero-order valence-electron chi connectivity index (χ0n) is 12.3.